The fourth-order valence-corrected chi connectivity index (χ4v) is 2.62. The van der Waals surface area contributed by atoms with E-state index >= 15 is 0 Å². The Labute approximate surface area is 126 Å². The zero-order valence-corrected chi connectivity index (χ0v) is 13.7. The summed E-state index contributed by atoms with van der Waals surface area (Å²) in [5.41, 5.74) is 6.93. The van der Waals surface area contributed by atoms with Crippen LogP contribution in [0.25, 0.3) is 0 Å². The van der Waals surface area contributed by atoms with Gasteiger partial charge in [0.15, 0.2) is 9.84 Å². The third-order valence-electron chi connectivity index (χ3n) is 2.93. The molecule has 0 aliphatic rings. The van der Waals surface area contributed by atoms with Gasteiger partial charge in [0, 0.05) is 18.8 Å². The van der Waals surface area contributed by atoms with Crippen LogP contribution in [0.3, 0.4) is 0 Å². The lowest BCUT2D eigenvalue weighted by Gasteiger charge is -2.24. The van der Waals surface area contributed by atoms with E-state index in [0.717, 1.165) is 6.26 Å². The van der Waals surface area contributed by atoms with Gasteiger partial charge in [0.05, 0.1) is 22.8 Å². The zero-order valence-electron chi connectivity index (χ0n) is 12.9. The Morgan fingerprint density at radius 3 is 2.43 bits per heavy atom. The standard InChI is InChI=1S/C14H23N3O3S/c1-5-17(9-14(18)16-10(2)3)13-7-6-11(8-12(13)15)21(4,19)20/h6-8,10H,5,9,15H2,1-4H3,(H,16,18). The van der Waals surface area contributed by atoms with Crippen molar-refractivity contribution in [3.63, 3.8) is 0 Å². The highest BCUT2D eigenvalue weighted by atomic mass is 32.2. The maximum absolute atomic E-state index is 11.8. The lowest BCUT2D eigenvalue weighted by atomic mass is 10.2. The van der Waals surface area contributed by atoms with Crippen LogP contribution in [0.5, 0.6) is 0 Å². The molecule has 0 saturated heterocycles. The summed E-state index contributed by atoms with van der Waals surface area (Å²) in [5, 5.41) is 2.82. The minimum absolute atomic E-state index is 0.0705. The zero-order chi connectivity index (χ0) is 16.2. The first-order valence-corrected chi connectivity index (χ1v) is 8.68. The van der Waals surface area contributed by atoms with Gasteiger partial charge in [-0.2, -0.15) is 0 Å². The third kappa shape index (κ3) is 4.93. The highest BCUT2D eigenvalue weighted by Gasteiger charge is 2.15. The molecule has 0 atom stereocenters. The topological polar surface area (TPSA) is 92.5 Å². The van der Waals surface area contributed by atoms with Gasteiger partial charge in [-0.3, -0.25) is 4.79 Å². The van der Waals surface area contributed by atoms with Crippen LogP contribution in [-0.2, 0) is 14.6 Å². The van der Waals surface area contributed by atoms with Crippen LogP contribution in [-0.4, -0.2) is 39.7 Å². The van der Waals surface area contributed by atoms with Gasteiger partial charge in [-0.1, -0.05) is 0 Å². The lowest BCUT2D eigenvalue weighted by Crippen LogP contribution is -2.40. The minimum Gasteiger partial charge on any atom is -0.397 e. The number of amides is 1. The van der Waals surface area contributed by atoms with Crippen LogP contribution < -0.4 is 16.0 Å². The van der Waals surface area contributed by atoms with Crippen LogP contribution in [0.15, 0.2) is 23.1 Å². The molecule has 0 radical (unpaired) electrons. The number of carbonyl (C=O) groups excluding carboxylic acids is 1. The number of benzene rings is 1. The van der Waals surface area contributed by atoms with Crippen molar-refractivity contribution < 1.29 is 13.2 Å². The second-order valence-corrected chi connectivity index (χ2v) is 7.24. The predicted octanol–water partition coefficient (Wildman–Crippen LogP) is 1.02. The van der Waals surface area contributed by atoms with Gasteiger partial charge >= 0.3 is 0 Å². The fourth-order valence-electron chi connectivity index (χ4n) is 1.96. The number of hydrogen-bond acceptors (Lipinski definition) is 5. The molecule has 118 valence electrons. The summed E-state index contributed by atoms with van der Waals surface area (Å²) in [4.78, 5) is 13.8. The van der Waals surface area contributed by atoms with E-state index in [1.54, 1.807) is 11.0 Å². The van der Waals surface area contributed by atoms with E-state index in [1.165, 1.54) is 12.1 Å². The Morgan fingerprint density at radius 2 is 2.00 bits per heavy atom. The van der Waals surface area contributed by atoms with Crippen molar-refractivity contribution in [1.29, 1.82) is 0 Å². The van der Waals surface area contributed by atoms with Gasteiger partial charge in [0.1, 0.15) is 0 Å². The number of anilines is 2. The smallest absolute Gasteiger partial charge is 0.239 e. The number of nitrogens with zero attached hydrogens (tertiary/aromatic N) is 1. The van der Waals surface area contributed by atoms with Gasteiger partial charge in [0.25, 0.3) is 0 Å². The summed E-state index contributed by atoms with van der Waals surface area (Å²) in [7, 11) is -3.29. The summed E-state index contributed by atoms with van der Waals surface area (Å²) < 4.78 is 23.0. The molecule has 0 heterocycles. The molecular weight excluding hydrogens is 290 g/mol. The van der Waals surface area contributed by atoms with Crippen molar-refractivity contribution in [3.05, 3.63) is 18.2 Å². The van der Waals surface area contributed by atoms with Crippen molar-refractivity contribution in [3.8, 4) is 0 Å². The molecule has 1 rings (SSSR count). The number of carbonyl (C=O) groups is 1. The highest BCUT2D eigenvalue weighted by Crippen LogP contribution is 2.26. The fraction of sp³-hybridized carbons (Fsp3) is 0.500. The third-order valence-corrected chi connectivity index (χ3v) is 4.04. The molecule has 3 N–H and O–H groups in total. The van der Waals surface area contributed by atoms with Gasteiger partial charge < -0.3 is 16.0 Å². The molecule has 6 nitrogen and oxygen atoms in total. The van der Waals surface area contributed by atoms with Crippen molar-refractivity contribution in [1.82, 2.24) is 5.32 Å². The van der Waals surface area contributed by atoms with Gasteiger partial charge in [0.2, 0.25) is 5.91 Å². The van der Waals surface area contributed by atoms with E-state index in [4.69, 9.17) is 5.73 Å². The Hall–Kier alpha value is -1.76. The molecule has 0 bridgehead atoms. The quantitative estimate of drug-likeness (QED) is 0.765. The average Bonchev–Trinajstić information content (AvgIpc) is 2.34. The SMILES string of the molecule is CCN(CC(=O)NC(C)C)c1ccc(S(C)(=O)=O)cc1N. The summed E-state index contributed by atoms with van der Waals surface area (Å²) in [6.07, 6.45) is 1.13. The van der Waals surface area contributed by atoms with Crippen molar-refractivity contribution in [2.24, 2.45) is 0 Å². The first-order valence-electron chi connectivity index (χ1n) is 6.79. The molecule has 0 saturated carbocycles. The first kappa shape index (κ1) is 17.3. The van der Waals surface area contributed by atoms with E-state index in [1.807, 2.05) is 20.8 Å². The molecular formula is C14H23N3O3S. The molecule has 0 aliphatic heterocycles. The van der Waals surface area contributed by atoms with Gasteiger partial charge in [-0.25, -0.2) is 8.42 Å². The molecule has 0 unspecified atom stereocenters. The Bertz CT molecular complexity index is 612. The average molecular weight is 313 g/mol. The number of nitrogens with one attached hydrogen (secondary N) is 1. The number of likely N-dealkylation sites (N-methyl/N-ethyl adjacent to an activating group) is 1. The van der Waals surface area contributed by atoms with E-state index in [0.29, 0.717) is 17.9 Å². The van der Waals surface area contributed by atoms with Crippen molar-refractivity contribution in [2.75, 3.05) is 30.0 Å². The van der Waals surface area contributed by atoms with Crippen LogP contribution in [0.1, 0.15) is 20.8 Å². The Balaban J connectivity index is 2.99. The summed E-state index contributed by atoms with van der Waals surface area (Å²) in [6.45, 7) is 6.46. The van der Waals surface area contributed by atoms with E-state index < -0.39 is 9.84 Å². The largest absolute Gasteiger partial charge is 0.397 e. The second kappa shape index (κ2) is 6.80. The summed E-state index contributed by atoms with van der Waals surface area (Å²) in [6, 6.07) is 4.64. The molecule has 7 heteroatoms. The minimum atomic E-state index is -3.29. The van der Waals surface area contributed by atoms with Gasteiger partial charge in [-0.15, -0.1) is 0 Å². The first-order chi connectivity index (χ1) is 9.65. The van der Waals surface area contributed by atoms with Crippen molar-refractivity contribution in [2.45, 2.75) is 31.7 Å². The number of rotatable bonds is 6. The molecule has 21 heavy (non-hydrogen) atoms. The van der Waals surface area contributed by atoms with E-state index in [9.17, 15) is 13.2 Å². The number of hydrogen-bond donors (Lipinski definition) is 2. The number of nitrogen functional groups attached to an aromatic ring is 1. The highest BCUT2D eigenvalue weighted by molar-refractivity contribution is 7.90. The predicted molar refractivity (Wildman–Crippen MR) is 85.1 cm³/mol. The molecule has 1 aromatic rings. The maximum atomic E-state index is 11.8. The van der Waals surface area contributed by atoms with E-state index in [2.05, 4.69) is 5.32 Å². The molecule has 0 aromatic heterocycles. The number of nitrogens with two attached hydrogens (primary N) is 1. The lowest BCUT2D eigenvalue weighted by molar-refractivity contribution is -0.120. The van der Waals surface area contributed by atoms with E-state index in [-0.39, 0.29) is 23.4 Å². The molecule has 0 spiro atoms. The Morgan fingerprint density at radius 1 is 1.38 bits per heavy atom. The summed E-state index contributed by atoms with van der Waals surface area (Å²) in [5.74, 6) is -0.0987. The van der Waals surface area contributed by atoms with Crippen LogP contribution in [0.4, 0.5) is 11.4 Å². The monoisotopic (exact) mass is 313 g/mol. The summed E-state index contributed by atoms with van der Waals surface area (Å²) >= 11 is 0. The molecule has 0 fully saturated rings. The Kier molecular flexibility index (Phi) is 5.60. The number of sulfone groups is 1. The van der Waals surface area contributed by atoms with Crippen LogP contribution in [0, 0.1) is 0 Å². The molecule has 0 aliphatic carbocycles. The molecule has 1 amide bonds. The maximum Gasteiger partial charge on any atom is 0.239 e. The second-order valence-electron chi connectivity index (χ2n) is 5.23. The van der Waals surface area contributed by atoms with Gasteiger partial charge in [-0.05, 0) is 39.0 Å². The molecule has 1 aromatic carbocycles. The van der Waals surface area contributed by atoms with Crippen LogP contribution >= 0.6 is 0 Å². The van der Waals surface area contributed by atoms with Crippen LogP contribution in [0.2, 0.25) is 0 Å². The van der Waals surface area contributed by atoms with Crippen molar-refractivity contribution >= 4 is 27.1 Å². The normalized spacial score (nSPS) is 11.5.